The number of carbonyl (C=O) groups is 1. The molecule has 0 fully saturated rings. The molecule has 5 rings (SSSR count). The summed E-state index contributed by atoms with van der Waals surface area (Å²) in [5, 5.41) is 2.78. The first-order chi connectivity index (χ1) is 22.0. The molecular weight excluding hydrogens is 623 g/mol. The Kier molecular flexibility index (Phi) is 9.45. The molecule has 11 heteroatoms. The zero-order chi connectivity index (χ0) is 32.9. The van der Waals surface area contributed by atoms with Crippen molar-refractivity contribution in [2.24, 2.45) is 0 Å². The van der Waals surface area contributed by atoms with Crippen molar-refractivity contribution in [2.75, 3.05) is 21.5 Å². The number of aryl methyl sites for hydroxylation is 2. The van der Waals surface area contributed by atoms with Gasteiger partial charge in [-0.1, -0.05) is 60.2 Å². The third-order valence-electron chi connectivity index (χ3n) is 7.28. The molecule has 0 aliphatic rings. The van der Waals surface area contributed by atoms with Crippen LogP contribution in [0.3, 0.4) is 0 Å². The number of amides is 1. The number of hydrogen-bond donors (Lipinski definition) is 2. The molecule has 0 unspecified atom stereocenters. The first kappa shape index (κ1) is 32.3. The van der Waals surface area contributed by atoms with Crippen molar-refractivity contribution in [1.82, 2.24) is 0 Å². The van der Waals surface area contributed by atoms with Crippen molar-refractivity contribution < 1.29 is 26.4 Å². The number of carbonyl (C=O) groups excluding carboxylic acids is 1. The van der Waals surface area contributed by atoms with E-state index in [1.807, 2.05) is 56.3 Å². The molecule has 236 valence electrons. The van der Waals surface area contributed by atoms with Crippen LogP contribution in [0, 0.1) is 13.8 Å². The third-order valence-corrected chi connectivity index (χ3v) is 10.4. The number of anilines is 3. The summed E-state index contributed by atoms with van der Waals surface area (Å²) < 4.78 is 63.2. The molecule has 0 saturated carbocycles. The maximum absolute atomic E-state index is 14.1. The molecule has 46 heavy (non-hydrogen) atoms. The van der Waals surface area contributed by atoms with Gasteiger partial charge in [-0.15, -0.1) is 0 Å². The van der Waals surface area contributed by atoms with Crippen LogP contribution < -0.4 is 19.1 Å². The number of benzene rings is 5. The highest BCUT2D eigenvalue weighted by Gasteiger charge is 2.29. The number of para-hydroxylation sites is 1. The first-order valence-corrected chi connectivity index (χ1v) is 17.2. The molecule has 5 aromatic rings. The van der Waals surface area contributed by atoms with Gasteiger partial charge in [0.25, 0.3) is 26.0 Å². The molecule has 1 amide bonds. The lowest BCUT2D eigenvalue weighted by atomic mass is 10.1. The standard InChI is InChI=1S/C35H33N3O6S2/c1-25-13-22-33(26(2)23-25)37-45(40,41)30-18-14-28(15-19-30)36-35(39)32-11-7-8-12-34(32)38(24-27-9-5-4-6-10-27)46(42,43)31-20-16-29(44-3)17-21-31/h4-23,37H,24H2,1-3H3,(H,36,39). The highest BCUT2D eigenvalue weighted by molar-refractivity contribution is 7.93. The molecule has 0 radical (unpaired) electrons. The number of methoxy groups -OCH3 is 1. The number of sulfonamides is 2. The molecule has 0 aliphatic carbocycles. The van der Waals surface area contributed by atoms with Crippen molar-refractivity contribution in [3.8, 4) is 5.75 Å². The van der Waals surface area contributed by atoms with E-state index in [1.165, 1.54) is 47.8 Å². The van der Waals surface area contributed by atoms with Gasteiger partial charge >= 0.3 is 0 Å². The SMILES string of the molecule is COc1ccc(S(=O)(=O)N(Cc2ccccc2)c2ccccc2C(=O)Nc2ccc(S(=O)(=O)Nc3ccc(C)cc3C)cc2)cc1. The average molecular weight is 656 g/mol. The van der Waals surface area contributed by atoms with E-state index in [0.29, 0.717) is 17.1 Å². The molecule has 9 nitrogen and oxygen atoms in total. The molecular formula is C35H33N3O6S2. The number of rotatable bonds is 11. The van der Waals surface area contributed by atoms with Gasteiger partial charge in [0.1, 0.15) is 5.75 Å². The van der Waals surface area contributed by atoms with Crippen LogP contribution in [0.5, 0.6) is 5.75 Å². The molecule has 0 heterocycles. The summed E-state index contributed by atoms with van der Waals surface area (Å²) in [7, 11) is -6.52. The van der Waals surface area contributed by atoms with Crippen LogP contribution in [-0.2, 0) is 26.6 Å². The lowest BCUT2D eigenvalue weighted by Crippen LogP contribution is -2.32. The van der Waals surface area contributed by atoms with E-state index in [9.17, 15) is 21.6 Å². The van der Waals surface area contributed by atoms with Crippen LogP contribution in [0.1, 0.15) is 27.0 Å². The van der Waals surface area contributed by atoms with Crippen LogP contribution >= 0.6 is 0 Å². The fraction of sp³-hybridized carbons (Fsp3) is 0.114. The highest BCUT2D eigenvalue weighted by atomic mass is 32.2. The maximum atomic E-state index is 14.1. The second-order valence-electron chi connectivity index (χ2n) is 10.6. The smallest absolute Gasteiger partial charge is 0.264 e. The minimum absolute atomic E-state index is 0.0190. The number of nitrogens with one attached hydrogen (secondary N) is 2. The molecule has 0 saturated heterocycles. The van der Waals surface area contributed by atoms with E-state index in [0.717, 1.165) is 16.7 Å². The molecule has 2 N–H and O–H groups in total. The Morgan fingerprint density at radius 1 is 0.739 bits per heavy atom. The van der Waals surface area contributed by atoms with Crippen molar-refractivity contribution >= 4 is 43.0 Å². The quantitative estimate of drug-likeness (QED) is 0.162. The largest absolute Gasteiger partial charge is 0.497 e. The summed E-state index contributed by atoms with van der Waals surface area (Å²) in [5.74, 6) is -0.0594. The monoisotopic (exact) mass is 655 g/mol. The third kappa shape index (κ3) is 7.22. The number of ether oxygens (including phenoxy) is 1. The van der Waals surface area contributed by atoms with Gasteiger partial charge < -0.3 is 10.1 Å². The first-order valence-electron chi connectivity index (χ1n) is 14.3. The minimum Gasteiger partial charge on any atom is -0.497 e. The van der Waals surface area contributed by atoms with E-state index in [2.05, 4.69) is 10.0 Å². The summed E-state index contributed by atoms with van der Waals surface area (Å²) in [6.45, 7) is 3.72. The van der Waals surface area contributed by atoms with Crippen LogP contribution in [-0.4, -0.2) is 29.9 Å². The van der Waals surface area contributed by atoms with Gasteiger partial charge in [0.15, 0.2) is 0 Å². The predicted molar refractivity (Wildman–Crippen MR) is 180 cm³/mol. The van der Waals surface area contributed by atoms with E-state index in [1.54, 1.807) is 42.5 Å². The lowest BCUT2D eigenvalue weighted by molar-refractivity contribution is 0.102. The predicted octanol–water partition coefficient (Wildman–Crippen LogP) is 6.76. The second-order valence-corrected chi connectivity index (χ2v) is 14.1. The van der Waals surface area contributed by atoms with E-state index >= 15 is 0 Å². The second kappa shape index (κ2) is 13.5. The summed E-state index contributed by atoms with van der Waals surface area (Å²) in [5.41, 5.74) is 3.63. The summed E-state index contributed by atoms with van der Waals surface area (Å²) in [6.07, 6.45) is 0. The number of nitrogens with zero attached hydrogens (tertiary/aromatic N) is 1. The van der Waals surface area contributed by atoms with Crippen molar-refractivity contribution in [1.29, 1.82) is 0 Å². The van der Waals surface area contributed by atoms with Crippen LogP contribution in [0.25, 0.3) is 0 Å². The maximum Gasteiger partial charge on any atom is 0.264 e. The van der Waals surface area contributed by atoms with Gasteiger partial charge in [0.2, 0.25) is 0 Å². The average Bonchev–Trinajstić information content (AvgIpc) is 3.05. The lowest BCUT2D eigenvalue weighted by Gasteiger charge is -2.26. The van der Waals surface area contributed by atoms with Crippen molar-refractivity contribution in [3.63, 3.8) is 0 Å². The fourth-order valence-corrected chi connectivity index (χ4v) is 7.46. The van der Waals surface area contributed by atoms with E-state index < -0.39 is 26.0 Å². The van der Waals surface area contributed by atoms with Gasteiger partial charge in [-0.2, -0.15) is 0 Å². The Morgan fingerprint density at radius 3 is 2.02 bits per heavy atom. The van der Waals surface area contributed by atoms with Gasteiger partial charge in [-0.05, 0) is 91.7 Å². The van der Waals surface area contributed by atoms with Crippen LogP contribution in [0.4, 0.5) is 17.1 Å². The summed E-state index contributed by atoms with van der Waals surface area (Å²) >= 11 is 0. The Labute approximate surface area is 269 Å². The fourth-order valence-electron chi connectivity index (χ4n) is 4.85. The minimum atomic E-state index is -4.14. The molecule has 0 atom stereocenters. The van der Waals surface area contributed by atoms with E-state index in [-0.39, 0.29) is 27.6 Å². The molecule has 0 aromatic heterocycles. The van der Waals surface area contributed by atoms with Crippen LogP contribution in [0.15, 0.2) is 131 Å². The van der Waals surface area contributed by atoms with Gasteiger partial charge in [0, 0.05) is 5.69 Å². The zero-order valence-electron chi connectivity index (χ0n) is 25.5. The summed E-state index contributed by atoms with van der Waals surface area (Å²) in [6, 6.07) is 32.7. The Morgan fingerprint density at radius 2 is 1.37 bits per heavy atom. The summed E-state index contributed by atoms with van der Waals surface area (Å²) in [4.78, 5) is 13.7. The van der Waals surface area contributed by atoms with Gasteiger partial charge in [0.05, 0.1) is 40.4 Å². The Balaban J connectivity index is 1.43. The van der Waals surface area contributed by atoms with Gasteiger partial charge in [-0.3, -0.25) is 13.8 Å². The van der Waals surface area contributed by atoms with E-state index in [4.69, 9.17) is 4.74 Å². The van der Waals surface area contributed by atoms with Gasteiger partial charge in [-0.25, -0.2) is 16.8 Å². The molecule has 0 bridgehead atoms. The molecule has 5 aromatic carbocycles. The van der Waals surface area contributed by atoms with Crippen molar-refractivity contribution in [3.05, 3.63) is 144 Å². The highest BCUT2D eigenvalue weighted by Crippen LogP contribution is 2.31. The normalized spacial score (nSPS) is 11.5. The molecule has 0 spiro atoms. The number of hydrogen-bond acceptors (Lipinski definition) is 6. The topological polar surface area (TPSA) is 122 Å². The Hall–Kier alpha value is -5.13. The zero-order valence-corrected chi connectivity index (χ0v) is 27.1. The Bertz CT molecular complexity index is 2070. The van der Waals surface area contributed by atoms with Crippen LogP contribution in [0.2, 0.25) is 0 Å². The molecule has 0 aliphatic heterocycles. The van der Waals surface area contributed by atoms with Crippen molar-refractivity contribution in [2.45, 2.75) is 30.2 Å².